The zero-order chi connectivity index (χ0) is 30.3. The summed E-state index contributed by atoms with van der Waals surface area (Å²) < 4.78 is 13.4. The highest BCUT2D eigenvalue weighted by Gasteiger charge is 2.69. The number of rotatable bonds is 4. The van der Waals surface area contributed by atoms with Gasteiger partial charge in [-0.3, -0.25) is 19.7 Å². The van der Waals surface area contributed by atoms with Crippen LogP contribution in [0.5, 0.6) is 0 Å². The molecule has 2 heterocycles. The number of carbonyl (C=O) groups is 2. The van der Waals surface area contributed by atoms with Gasteiger partial charge in [-0.2, -0.15) is 0 Å². The second-order valence-electron chi connectivity index (χ2n) is 15.7. The van der Waals surface area contributed by atoms with E-state index in [4.69, 9.17) is 9.47 Å². The first-order chi connectivity index (χ1) is 20.4. The number of Topliss-reactive ketones (excluding diaryl/α,β-unsaturated/α-hetero) is 1. The normalized spacial score (nSPS) is 47.2. The van der Waals surface area contributed by atoms with Crippen LogP contribution in [0.1, 0.15) is 91.0 Å². The van der Waals surface area contributed by atoms with E-state index in [0.717, 1.165) is 25.9 Å². The van der Waals surface area contributed by atoms with Crippen molar-refractivity contribution in [2.24, 2.45) is 58.2 Å². The molecule has 4 saturated carbocycles. The van der Waals surface area contributed by atoms with Crippen LogP contribution in [-0.4, -0.2) is 35.0 Å². The van der Waals surface area contributed by atoms with Gasteiger partial charge in [0.25, 0.3) is 5.69 Å². The predicted octanol–water partition coefficient (Wildman–Crippen LogP) is 7.42. The smallest absolute Gasteiger partial charge is 0.269 e. The maximum Gasteiger partial charge on any atom is 0.269 e. The molecule has 1 aromatic rings. The highest BCUT2D eigenvalue weighted by molar-refractivity contribution is 6.09. The number of nitrogens with zero attached hydrogens (tertiary/aromatic N) is 1. The summed E-state index contributed by atoms with van der Waals surface area (Å²) in [5.74, 6) is 2.62. The van der Waals surface area contributed by atoms with Crippen LogP contribution < -0.4 is 0 Å². The van der Waals surface area contributed by atoms with Crippen LogP contribution in [0.4, 0.5) is 5.69 Å². The molecule has 0 aromatic heterocycles. The van der Waals surface area contributed by atoms with Gasteiger partial charge in [0.05, 0.1) is 23.6 Å². The number of benzene rings is 1. The molecule has 6 aliphatic rings. The summed E-state index contributed by atoms with van der Waals surface area (Å²) in [5.41, 5.74) is 0.961. The monoisotopic (exact) mass is 589 g/mol. The first-order valence-corrected chi connectivity index (χ1v) is 16.8. The minimum Gasteiger partial charge on any atom is -0.349 e. The third-order valence-corrected chi connectivity index (χ3v) is 13.7. The van der Waals surface area contributed by atoms with Crippen molar-refractivity contribution in [3.8, 4) is 0 Å². The minimum absolute atomic E-state index is 0.0173. The van der Waals surface area contributed by atoms with E-state index in [-0.39, 0.29) is 34.2 Å². The van der Waals surface area contributed by atoms with Gasteiger partial charge in [-0.25, -0.2) is 0 Å². The van der Waals surface area contributed by atoms with Crippen LogP contribution in [0.25, 0.3) is 6.08 Å². The lowest BCUT2D eigenvalue weighted by atomic mass is 9.43. The molecule has 1 unspecified atom stereocenters. The maximum absolute atomic E-state index is 13.5. The zero-order valence-electron chi connectivity index (χ0n) is 26.1. The molecule has 0 N–H and O–H groups in total. The molecule has 2 aliphatic heterocycles. The number of fused-ring (bicyclic) bond motifs is 7. The van der Waals surface area contributed by atoms with Gasteiger partial charge in [-0.15, -0.1) is 0 Å². The van der Waals surface area contributed by atoms with E-state index in [0.29, 0.717) is 59.8 Å². The average Bonchev–Trinajstić information content (AvgIpc) is 3.43. The summed E-state index contributed by atoms with van der Waals surface area (Å²) in [5, 5.41) is 11.0. The van der Waals surface area contributed by atoms with Crippen molar-refractivity contribution in [2.75, 3.05) is 6.61 Å². The number of hydrogen-bond donors (Lipinski definition) is 0. The number of ketones is 2. The van der Waals surface area contributed by atoms with Crippen molar-refractivity contribution in [3.63, 3.8) is 0 Å². The van der Waals surface area contributed by atoms with Crippen molar-refractivity contribution in [1.29, 1.82) is 0 Å². The van der Waals surface area contributed by atoms with Crippen molar-refractivity contribution >= 4 is 23.3 Å². The minimum atomic E-state index is -0.598. The summed E-state index contributed by atoms with van der Waals surface area (Å²) in [7, 11) is 0. The summed E-state index contributed by atoms with van der Waals surface area (Å²) in [6.45, 7) is 10.4. The molecular weight excluding hydrogens is 542 g/mol. The largest absolute Gasteiger partial charge is 0.349 e. The van der Waals surface area contributed by atoms with Crippen LogP contribution >= 0.6 is 0 Å². The third-order valence-electron chi connectivity index (χ3n) is 13.7. The van der Waals surface area contributed by atoms with Gasteiger partial charge in [0, 0.05) is 30.9 Å². The summed E-state index contributed by atoms with van der Waals surface area (Å²) >= 11 is 0. The Balaban J connectivity index is 1.08. The number of allylic oxidation sites excluding steroid dienone is 1. The van der Waals surface area contributed by atoms with Crippen LogP contribution in [0.15, 0.2) is 30.3 Å². The SMILES string of the molecule is C[C@@H]1CC[C@@]2(OC1)O[C@H]1C[C@H]3[C@@H]4CC[C@H]5CC(=O)C(C(=O)/C=C/c6ccc([N+](=O)[O-])cc6)C[C@]5(C)[C@H]4CC[C@]3(C)[C@H]1[C@@H]2C. The van der Waals surface area contributed by atoms with E-state index in [9.17, 15) is 19.7 Å². The van der Waals surface area contributed by atoms with Gasteiger partial charge >= 0.3 is 0 Å². The van der Waals surface area contributed by atoms with Crippen molar-refractivity contribution in [3.05, 3.63) is 46.0 Å². The molecule has 1 aromatic carbocycles. The number of nitro groups is 1. The standard InChI is InChI=1S/C36H47NO6/c1-21-13-16-36(42-20-21)22(2)33-32(43-36)18-29-26-11-8-24-17-31(39)27(19-35(24,4)28(26)14-15-34(29,33)3)30(38)12-7-23-5-9-25(10-6-23)37(40)41/h5-7,9-10,12,21-22,24,26-29,32-33H,8,11,13-20H2,1-4H3/b12-7+/t21-,22+,24+,26-,27?,28+,29+,32+,33+,34+,35+,36-/m1/s1. The second-order valence-corrected chi connectivity index (χ2v) is 15.7. The predicted molar refractivity (Wildman–Crippen MR) is 163 cm³/mol. The van der Waals surface area contributed by atoms with Crippen LogP contribution in [-0.2, 0) is 19.1 Å². The summed E-state index contributed by atoms with van der Waals surface area (Å²) in [6.07, 6.45) is 12.5. The molecule has 0 bridgehead atoms. The fourth-order valence-electron chi connectivity index (χ4n) is 11.4. The Labute approximate surface area is 255 Å². The Morgan fingerprint density at radius 2 is 1.79 bits per heavy atom. The van der Waals surface area contributed by atoms with E-state index in [1.54, 1.807) is 18.2 Å². The first kappa shape index (κ1) is 29.3. The van der Waals surface area contributed by atoms with Gasteiger partial charge in [-0.1, -0.05) is 33.8 Å². The number of non-ortho nitro benzene ring substituents is 1. The molecule has 0 radical (unpaired) electrons. The number of nitro benzene ring substituents is 1. The Kier molecular flexibility index (Phi) is 7.05. The van der Waals surface area contributed by atoms with E-state index in [1.807, 2.05) is 0 Å². The average molecular weight is 590 g/mol. The molecule has 0 amide bonds. The summed E-state index contributed by atoms with van der Waals surface area (Å²) in [4.78, 5) is 37.3. The molecule has 1 spiro atoms. The highest BCUT2D eigenvalue weighted by Crippen LogP contribution is 2.71. The number of carbonyl (C=O) groups excluding carboxylic acids is 2. The molecular formula is C36H47NO6. The van der Waals surface area contributed by atoms with E-state index in [1.165, 1.54) is 43.9 Å². The molecule has 232 valence electrons. The Hall–Kier alpha value is -2.38. The Morgan fingerprint density at radius 1 is 1.02 bits per heavy atom. The second kappa shape index (κ2) is 10.3. The van der Waals surface area contributed by atoms with Crippen molar-refractivity contribution < 1.29 is 24.0 Å². The van der Waals surface area contributed by atoms with Gasteiger partial charge in [-0.05, 0) is 115 Å². The lowest BCUT2D eigenvalue weighted by Crippen LogP contribution is -2.56. The van der Waals surface area contributed by atoms with Gasteiger partial charge in [0.1, 0.15) is 5.78 Å². The van der Waals surface area contributed by atoms with E-state index >= 15 is 0 Å². The topological polar surface area (TPSA) is 95.7 Å². The Morgan fingerprint density at radius 3 is 2.49 bits per heavy atom. The molecule has 4 aliphatic carbocycles. The first-order valence-electron chi connectivity index (χ1n) is 16.8. The van der Waals surface area contributed by atoms with Crippen molar-refractivity contribution in [2.45, 2.75) is 97.4 Å². The van der Waals surface area contributed by atoms with Crippen LogP contribution in [0, 0.1) is 68.3 Å². The molecule has 7 nitrogen and oxygen atoms in total. The lowest BCUT2D eigenvalue weighted by Gasteiger charge is -2.61. The number of ether oxygens (including phenoxy) is 2. The van der Waals surface area contributed by atoms with Gasteiger partial charge in [0.15, 0.2) is 11.6 Å². The maximum atomic E-state index is 13.5. The van der Waals surface area contributed by atoms with Gasteiger partial charge < -0.3 is 9.47 Å². The van der Waals surface area contributed by atoms with Crippen molar-refractivity contribution in [1.82, 2.24) is 0 Å². The zero-order valence-corrected chi connectivity index (χ0v) is 26.1. The molecule has 7 rings (SSSR count). The fourth-order valence-corrected chi connectivity index (χ4v) is 11.4. The molecule has 43 heavy (non-hydrogen) atoms. The van der Waals surface area contributed by atoms with E-state index in [2.05, 4.69) is 27.7 Å². The van der Waals surface area contributed by atoms with Crippen LogP contribution in [0.2, 0.25) is 0 Å². The molecule has 6 fully saturated rings. The van der Waals surface area contributed by atoms with E-state index < -0.39 is 16.6 Å². The van der Waals surface area contributed by atoms with Gasteiger partial charge in [0.2, 0.25) is 0 Å². The third kappa shape index (κ3) is 4.50. The van der Waals surface area contributed by atoms with Crippen LogP contribution in [0.3, 0.4) is 0 Å². The summed E-state index contributed by atoms with van der Waals surface area (Å²) in [6, 6.07) is 6.14. The molecule has 7 heteroatoms. The highest BCUT2D eigenvalue weighted by atomic mass is 16.7. The number of hydrogen-bond acceptors (Lipinski definition) is 6. The fraction of sp³-hybridized carbons (Fsp3) is 0.722. The quantitative estimate of drug-likeness (QED) is 0.157. The Bertz CT molecular complexity index is 1330. The molecule has 2 saturated heterocycles. The lowest BCUT2D eigenvalue weighted by molar-refractivity contribution is -0.384. The molecule has 12 atom stereocenters.